The highest BCUT2D eigenvalue weighted by atomic mass is 32.1. The van der Waals surface area contributed by atoms with E-state index >= 15 is 0 Å². The summed E-state index contributed by atoms with van der Waals surface area (Å²) in [5.41, 5.74) is 0. The van der Waals surface area contributed by atoms with E-state index in [9.17, 15) is 10.1 Å². The van der Waals surface area contributed by atoms with E-state index in [1.165, 1.54) is 15.7 Å². The average molecular weight is 295 g/mol. The zero-order valence-corrected chi connectivity index (χ0v) is 11.5. The fourth-order valence-corrected chi connectivity index (χ4v) is 3.15. The van der Waals surface area contributed by atoms with Crippen LogP contribution in [0.15, 0.2) is 17.8 Å². The quantitative estimate of drug-likeness (QED) is 0.591. The number of aryl methyl sites for hydroxylation is 1. The molecule has 0 saturated heterocycles. The lowest BCUT2D eigenvalue weighted by Crippen LogP contribution is -2.02. The fraction of sp³-hybridized carbons (Fsp3) is 0.200. The van der Waals surface area contributed by atoms with Gasteiger partial charge in [-0.15, -0.1) is 11.3 Å². The summed E-state index contributed by atoms with van der Waals surface area (Å²) in [6.45, 7) is 2.40. The van der Waals surface area contributed by atoms with Crippen LogP contribution in [0.25, 0.3) is 4.96 Å². The molecule has 3 rings (SSSR count). The van der Waals surface area contributed by atoms with Crippen molar-refractivity contribution in [2.75, 3.05) is 5.32 Å². The normalized spacial score (nSPS) is 11.0. The van der Waals surface area contributed by atoms with Crippen molar-refractivity contribution >= 4 is 39.3 Å². The number of thiazole rings is 2. The maximum absolute atomic E-state index is 11.1. The van der Waals surface area contributed by atoms with Gasteiger partial charge in [-0.25, -0.2) is 4.98 Å². The van der Waals surface area contributed by atoms with Gasteiger partial charge in [0, 0.05) is 16.5 Å². The molecule has 9 heteroatoms. The van der Waals surface area contributed by atoms with Crippen LogP contribution in [0, 0.1) is 17.0 Å². The zero-order valence-electron chi connectivity index (χ0n) is 9.86. The van der Waals surface area contributed by atoms with Crippen molar-refractivity contribution in [3.05, 3.63) is 37.8 Å². The Morgan fingerprint density at radius 3 is 3.11 bits per heavy atom. The zero-order chi connectivity index (χ0) is 13.4. The number of imidazole rings is 1. The largest absolute Gasteiger partial charge is 0.372 e. The number of nitrogens with one attached hydrogen (secondary N) is 1. The first-order chi connectivity index (χ1) is 9.15. The van der Waals surface area contributed by atoms with Crippen molar-refractivity contribution in [1.82, 2.24) is 14.4 Å². The molecular weight excluding hydrogens is 286 g/mol. The molecule has 0 aromatic carbocycles. The second kappa shape index (κ2) is 4.59. The topological polar surface area (TPSA) is 85.4 Å². The highest BCUT2D eigenvalue weighted by Crippen LogP contribution is 2.28. The van der Waals surface area contributed by atoms with Gasteiger partial charge < -0.3 is 15.4 Å². The molecule has 0 atom stereocenters. The van der Waals surface area contributed by atoms with Crippen LogP contribution in [-0.4, -0.2) is 19.3 Å². The molecule has 0 aliphatic carbocycles. The van der Waals surface area contributed by atoms with Crippen molar-refractivity contribution in [2.45, 2.75) is 13.5 Å². The Hall–Kier alpha value is -2.00. The van der Waals surface area contributed by atoms with E-state index in [0.717, 1.165) is 9.88 Å². The number of fused-ring (bicyclic) bond motifs is 1. The number of nitro groups is 1. The molecule has 0 fully saturated rings. The molecule has 0 radical (unpaired) electrons. The number of hydrogen-bond donors (Lipinski definition) is 1. The maximum atomic E-state index is 11.1. The van der Waals surface area contributed by atoms with E-state index in [4.69, 9.17) is 0 Å². The van der Waals surface area contributed by atoms with Gasteiger partial charge in [-0.2, -0.15) is 9.38 Å². The first kappa shape index (κ1) is 12.1. The second-order valence-corrected chi connectivity index (χ2v) is 6.01. The molecule has 19 heavy (non-hydrogen) atoms. The summed E-state index contributed by atoms with van der Waals surface area (Å²) in [7, 11) is 0. The Balaban J connectivity index is 1.89. The van der Waals surface area contributed by atoms with Gasteiger partial charge in [-0.3, -0.25) is 0 Å². The third kappa shape index (κ3) is 2.17. The first-order valence-corrected chi connectivity index (χ1v) is 7.10. The number of rotatable bonds is 4. The van der Waals surface area contributed by atoms with Gasteiger partial charge in [0.25, 0.3) is 4.96 Å². The van der Waals surface area contributed by atoms with Gasteiger partial charge in [0.2, 0.25) is 5.82 Å². The molecule has 0 aliphatic rings. The standard InChI is InChI=1S/C10H9N5O2S2/c1-6-4-11-7(19-6)5-12-8-9(15(16)17)14-2-3-18-10(14)13-8/h2-4,12H,5H2,1H3. The van der Waals surface area contributed by atoms with Crippen LogP contribution < -0.4 is 5.32 Å². The summed E-state index contributed by atoms with van der Waals surface area (Å²) >= 11 is 2.91. The molecule has 0 amide bonds. The molecule has 0 saturated carbocycles. The van der Waals surface area contributed by atoms with Crippen LogP contribution in [0.3, 0.4) is 0 Å². The number of nitrogens with zero attached hydrogens (tertiary/aromatic N) is 4. The lowest BCUT2D eigenvalue weighted by atomic mass is 10.5. The molecule has 3 aromatic rings. The van der Waals surface area contributed by atoms with Gasteiger partial charge in [0.15, 0.2) is 0 Å². The molecule has 0 bridgehead atoms. The molecule has 0 spiro atoms. The lowest BCUT2D eigenvalue weighted by molar-refractivity contribution is -0.389. The van der Waals surface area contributed by atoms with E-state index in [1.54, 1.807) is 29.1 Å². The summed E-state index contributed by atoms with van der Waals surface area (Å²) in [6.07, 6.45) is 3.42. The van der Waals surface area contributed by atoms with E-state index in [0.29, 0.717) is 11.5 Å². The highest BCUT2D eigenvalue weighted by Gasteiger charge is 2.23. The van der Waals surface area contributed by atoms with Gasteiger partial charge >= 0.3 is 5.82 Å². The van der Waals surface area contributed by atoms with Crippen LogP contribution >= 0.6 is 22.7 Å². The van der Waals surface area contributed by atoms with Gasteiger partial charge in [0.05, 0.1) is 6.54 Å². The third-order valence-corrected chi connectivity index (χ3v) is 4.16. The summed E-state index contributed by atoms with van der Waals surface area (Å²) in [5, 5.41) is 16.7. The minimum atomic E-state index is -0.428. The SMILES string of the molecule is Cc1cnc(CNc2nc3sccn3c2[N+](=O)[O-])s1. The van der Waals surface area contributed by atoms with Crippen molar-refractivity contribution < 1.29 is 4.92 Å². The van der Waals surface area contributed by atoms with Gasteiger partial charge in [-0.1, -0.05) is 11.3 Å². The van der Waals surface area contributed by atoms with Gasteiger partial charge in [-0.05, 0) is 11.8 Å². The minimum absolute atomic E-state index is 0.0375. The summed E-state index contributed by atoms with van der Waals surface area (Å²) in [6, 6.07) is 0. The molecule has 3 heterocycles. The van der Waals surface area contributed by atoms with Crippen LogP contribution in [-0.2, 0) is 6.54 Å². The van der Waals surface area contributed by atoms with Crippen LogP contribution in [0.1, 0.15) is 9.88 Å². The Morgan fingerprint density at radius 1 is 1.58 bits per heavy atom. The molecule has 1 N–H and O–H groups in total. The molecule has 0 unspecified atom stereocenters. The first-order valence-electron chi connectivity index (χ1n) is 5.40. The number of anilines is 1. The molecular formula is C10H9N5O2S2. The fourth-order valence-electron chi connectivity index (χ4n) is 1.71. The van der Waals surface area contributed by atoms with Crippen LogP contribution in [0.4, 0.5) is 11.6 Å². The minimum Gasteiger partial charge on any atom is -0.358 e. The summed E-state index contributed by atoms with van der Waals surface area (Å²) in [4.78, 5) is 20.8. The summed E-state index contributed by atoms with van der Waals surface area (Å²) in [5.74, 6) is 0.245. The Labute approximate surface area is 115 Å². The van der Waals surface area contributed by atoms with Crippen molar-refractivity contribution in [1.29, 1.82) is 0 Å². The van der Waals surface area contributed by atoms with Crippen molar-refractivity contribution in [3.8, 4) is 0 Å². The summed E-state index contributed by atoms with van der Waals surface area (Å²) < 4.78 is 1.47. The highest BCUT2D eigenvalue weighted by molar-refractivity contribution is 7.15. The molecule has 3 aromatic heterocycles. The van der Waals surface area contributed by atoms with Gasteiger partial charge in [0.1, 0.15) is 11.2 Å². The van der Waals surface area contributed by atoms with E-state index in [2.05, 4.69) is 15.3 Å². The Morgan fingerprint density at radius 2 is 2.42 bits per heavy atom. The number of aromatic nitrogens is 3. The third-order valence-electron chi connectivity index (χ3n) is 2.49. The molecule has 98 valence electrons. The number of hydrogen-bond acceptors (Lipinski definition) is 7. The van der Waals surface area contributed by atoms with Crippen molar-refractivity contribution in [3.63, 3.8) is 0 Å². The van der Waals surface area contributed by atoms with E-state index < -0.39 is 4.92 Å². The lowest BCUT2D eigenvalue weighted by Gasteiger charge is -2.00. The van der Waals surface area contributed by atoms with Crippen LogP contribution in [0.5, 0.6) is 0 Å². The second-order valence-electron chi connectivity index (χ2n) is 3.81. The predicted molar refractivity (Wildman–Crippen MR) is 73.9 cm³/mol. The van der Waals surface area contributed by atoms with E-state index in [-0.39, 0.29) is 11.6 Å². The van der Waals surface area contributed by atoms with E-state index in [1.807, 2.05) is 6.92 Å². The predicted octanol–water partition coefficient (Wildman–Crippen LogP) is 2.68. The van der Waals surface area contributed by atoms with Crippen molar-refractivity contribution in [2.24, 2.45) is 0 Å². The maximum Gasteiger partial charge on any atom is 0.372 e. The smallest absolute Gasteiger partial charge is 0.358 e. The average Bonchev–Trinajstić information content (AvgIpc) is 3.00. The molecule has 7 nitrogen and oxygen atoms in total. The monoisotopic (exact) mass is 295 g/mol. The van der Waals surface area contributed by atoms with Crippen LogP contribution in [0.2, 0.25) is 0 Å². The Kier molecular flexibility index (Phi) is 2.91. The Bertz CT molecular complexity index is 744. The molecule has 0 aliphatic heterocycles.